The lowest BCUT2D eigenvalue weighted by Crippen LogP contribution is -2.33. The molecule has 0 aromatic carbocycles. The average molecular weight is 241 g/mol. The molecule has 3 heteroatoms. The van der Waals surface area contributed by atoms with Crippen LogP contribution in [-0.2, 0) is 6.42 Å². The molecule has 0 bridgehead atoms. The second-order valence-corrected chi connectivity index (χ2v) is 5.00. The maximum atomic E-state index is 6.14. The second-order valence-electron chi connectivity index (χ2n) is 4.59. The largest absolute Gasteiger partial charge is 0.316 e. The van der Waals surface area contributed by atoms with Gasteiger partial charge in [-0.05, 0) is 36.4 Å². The molecule has 0 spiro atoms. The molecule has 1 rings (SSSR count). The Labute approximate surface area is 103 Å². The first-order valence-corrected chi connectivity index (χ1v) is 6.28. The van der Waals surface area contributed by atoms with Crippen molar-refractivity contribution in [3.63, 3.8) is 0 Å². The van der Waals surface area contributed by atoms with Gasteiger partial charge in [-0.25, -0.2) is 0 Å². The summed E-state index contributed by atoms with van der Waals surface area (Å²) in [6.45, 7) is 8.70. The molecule has 2 nitrogen and oxygen atoms in total. The highest BCUT2D eigenvalue weighted by Gasteiger charge is 2.22. The van der Waals surface area contributed by atoms with Gasteiger partial charge in [0.1, 0.15) is 0 Å². The van der Waals surface area contributed by atoms with Gasteiger partial charge in [0.25, 0.3) is 0 Å². The van der Waals surface area contributed by atoms with Crippen molar-refractivity contribution in [3.05, 3.63) is 29.0 Å². The summed E-state index contributed by atoms with van der Waals surface area (Å²) in [5, 5.41) is 4.20. The minimum atomic E-state index is 0.265. The smallest absolute Gasteiger partial charge is 0.0621 e. The van der Waals surface area contributed by atoms with Gasteiger partial charge in [0.15, 0.2) is 0 Å². The topological polar surface area (TPSA) is 24.9 Å². The Morgan fingerprint density at radius 2 is 2.19 bits per heavy atom. The summed E-state index contributed by atoms with van der Waals surface area (Å²) < 4.78 is 0. The highest BCUT2D eigenvalue weighted by Crippen LogP contribution is 2.28. The van der Waals surface area contributed by atoms with Crippen LogP contribution < -0.4 is 5.32 Å². The van der Waals surface area contributed by atoms with Gasteiger partial charge in [0.05, 0.1) is 5.02 Å². The third-order valence-corrected chi connectivity index (χ3v) is 3.47. The molecular weight excluding hydrogens is 220 g/mol. The van der Waals surface area contributed by atoms with Crippen LogP contribution >= 0.6 is 11.6 Å². The van der Waals surface area contributed by atoms with Gasteiger partial charge in [-0.3, -0.25) is 4.98 Å². The van der Waals surface area contributed by atoms with Crippen molar-refractivity contribution >= 4 is 11.6 Å². The van der Waals surface area contributed by atoms with Crippen molar-refractivity contribution in [1.82, 2.24) is 10.3 Å². The zero-order chi connectivity index (χ0) is 12.0. The maximum absolute atomic E-state index is 6.14. The van der Waals surface area contributed by atoms with Crippen LogP contribution in [0.25, 0.3) is 0 Å². The fourth-order valence-electron chi connectivity index (χ4n) is 1.75. The van der Waals surface area contributed by atoms with Gasteiger partial charge in [-0.1, -0.05) is 32.4 Å². The Balaban J connectivity index is 2.72. The van der Waals surface area contributed by atoms with Crippen LogP contribution in [-0.4, -0.2) is 18.1 Å². The Bertz CT molecular complexity index is 327. The van der Waals surface area contributed by atoms with Crippen molar-refractivity contribution in [2.45, 2.75) is 33.6 Å². The quantitative estimate of drug-likeness (QED) is 0.825. The molecule has 0 saturated heterocycles. The van der Waals surface area contributed by atoms with E-state index in [1.54, 1.807) is 6.20 Å². The minimum Gasteiger partial charge on any atom is -0.316 e. The zero-order valence-electron chi connectivity index (χ0n) is 10.4. The van der Waals surface area contributed by atoms with E-state index in [-0.39, 0.29) is 5.41 Å². The van der Waals surface area contributed by atoms with E-state index >= 15 is 0 Å². The van der Waals surface area contributed by atoms with E-state index in [1.807, 2.05) is 12.3 Å². The van der Waals surface area contributed by atoms with E-state index in [0.717, 1.165) is 31.0 Å². The third kappa shape index (κ3) is 3.76. The third-order valence-electron chi connectivity index (χ3n) is 3.13. The summed E-state index contributed by atoms with van der Waals surface area (Å²) in [7, 11) is 0. The lowest BCUT2D eigenvalue weighted by Gasteiger charge is -2.29. The molecule has 0 aliphatic rings. The highest BCUT2D eigenvalue weighted by molar-refractivity contribution is 6.31. The highest BCUT2D eigenvalue weighted by atomic mass is 35.5. The normalized spacial score (nSPS) is 14.8. The molecular formula is C13H21ClN2. The van der Waals surface area contributed by atoms with E-state index in [0.29, 0.717) is 0 Å². The molecule has 0 radical (unpaired) electrons. The van der Waals surface area contributed by atoms with Crippen molar-refractivity contribution in [3.8, 4) is 0 Å². The molecule has 1 aromatic heterocycles. The number of aromatic nitrogens is 1. The van der Waals surface area contributed by atoms with Crippen LogP contribution in [0.5, 0.6) is 0 Å². The van der Waals surface area contributed by atoms with Crippen molar-refractivity contribution < 1.29 is 0 Å². The van der Waals surface area contributed by atoms with Gasteiger partial charge in [-0.15, -0.1) is 0 Å². The number of rotatable bonds is 6. The first kappa shape index (κ1) is 13.5. The Hall–Kier alpha value is -0.600. The molecule has 0 aliphatic heterocycles. The van der Waals surface area contributed by atoms with Crippen molar-refractivity contribution in [1.29, 1.82) is 0 Å². The number of halogens is 1. The van der Waals surface area contributed by atoms with E-state index in [1.165, 1.54) is 5.56 Å². The Morgan fingerprint density at radius 1 is 1.44 bits per heavy atom. The molecule has 0 aliphatic carbocycles. The molecule has 1 heterocycles. The van der Waals surface area contributed by atoms with E-state index in [4.69, 9.17) is 11.6 Å². The van der Waals surface area contributed by atoms with Gasteiger partial charge in [0, 0.05) is 18.9 Å². The van der Waals surface area contributed by atoms with Crippen LogP contribution in [0, 0.1) is 5.41 Å². The van der Waals surface area contributed by atoms with E-state index in [9.17, 15) is 0 Å². The van der Waals surface area contributed by atoms with Crippen molar-refractivity contribution in [2.24, 2.45) is 5.41 Å². The van der Waals surface area contributed by atoms with Crippen LogP contribution in [0.1, 0.15) is 32.8 Å². The predicted molar refractivity (Wildman–Crippen MR) is 69.9 cm³/mol. The molecule has 16 heavy (non-hydrogen) atoms. The number of pyridine rings is 1. The summed E-state index contributed by atoms with van der Waals surface area (Å²) in [6, 6.07) is 2.02. The summed E-state index contributed by atoms with van der Waals surface area (Å²) >= 11 is 6.14. The van der Waals surface area contributed by atoms with Gasteiger partial charge >= 0.3 is 0 Å². The first-order chi connectivity index (χ1) is 7.61. The summed E-state index contributed by atoms with van der Waals surface area (Å²) in [5.74, 6) is 0. The molecule has 0 saturated carbocycles. The van der Waals surface area contributed by atoms with Gasteiger partial charge in [0.2, 0.25) is 0 Å². The zero-order valence-corrected chi connectivity index (χ0v) is 11.1. The monoisotopic (exact) mass is 240 g/mol. The lowest BCUT2D eigenvalue weighted by atomic mass is 9.81. The molecule has 0 fully saturated rings. The fraction of sp³-hybridized carbons (Fsp3) is 0.615. The number of nitrogens with zero attached hydrogens (tertiary/aromatic N) is 1. The van der Waals surface area contributed by atoms with E-state index in [2.05, 4.69) is 31.1 Å². The van der Waals surface area contributed by atoms with Crippen LogP contribution in [0.15, 0.2) is 18.5 Å². The molecule has 1 aromatic rings. The molecule has 90 valence electrons. The van der Waals surface area contributed by atoms with Crippen LogP contribution in [0.4, 0.5) is 0 Å². The average Bonchev–Trinajstić information content (AvgIpc) is 2.30. The Morgan fingerprint density at radius 3 is 2.75 bits per heavy atom. The maximum Gasteiger partial charge on any atom is 0.0621 e. The van der Waals surface area contributed by atoms with Gasteiger partial charge < -0.3 is 5.32 Å². The number of hydrogen-bond acceptors (Lipinski definition) is 2. The summed E-state index contributed by atoms with van der Waals surface area (Å²) in [4.78, 5) is 4.02. The summed E-state index contributed by atoms with van der Waals surface area (Å²) in [6.07, 6.45) is 5.67. The lowest BCUT2D eigenvalue weighted by molar-refractivity contribution is 0.293. The van der Waals surface area contributed by atoms with Crippen LogP contribution in [0.3, 0.4) is 0 Å². The SMILES string of the molecule is CCNCC(C)(CC)Cc1ccncc1Cl. The second kappa shape index (κ2) is 6.21. The van der Waals surface area contributed by atoms with Crippen molar-refractivity contribution in [2.75, 3.05) is 13.1 Å². The molecule has 0 amide bonds. The van der Waals surface area contributed by atoms with E-state index < -0.39 is 0 Å². The Kier molecular flexibility index (Phi) is 5.23. The predicted octanol–water partition coefficient (Wildman–Crippen LogP) is 3.30. The fourth-order valence-corrected chi connectivity index (χ4v) is 1.93. The van der Waals surface area contributed by atoms with Gasteiger partial charge in [-0.2, -0.15) is 0 Å². The first-order valence-electron chi connectivity index (χ1n) is 5.90. The van der Waals surface area contributed by atoms with Crippen LogP contribution in [0.2, 0.25) is 5.02 Å². The number of hydrogen-bond donors (Lipinski definition) is 1. The summed E-state index contributed by atoms with van der Waals surface area (Å²) in [5.41, 5.74) is 1.46. The molecule has 1 unspecified atom stereocenters. The minimum absolute atomic E-state index is 0.265. The molecule has 1 atom stereocenters. The number of nitrogens with one attached hydrogen (secondary N) is 1. The standard InChI is InChI=1S/C13H21ClN2/c1-4-13(3,10-15-5-2)8-11-6-7-16-9-12(11)14/h6-7,9,15H,4-5,8,10H2,1-3H3. The molecule has 1 N–H and O–H groups in total.